The molecular weight excluding hydrogens is 382 g/mol. The summed E-state index contributed by atoms with van der Waals surface area (Å²) in [4.78, 5) is 9.26. The Morgan fingerprint density at radius 3 is 2.77 bits per heavy atom. The largest absolute Gasteiger partial charge is 0.385 e. The lowest BCUT2D eigenvalue weighted by molar-refractivity contribution is -0.0204. The van der Waals surface area contributed by atoms with Gasteiger partial charge in [-0.2, -0.15) is 5.10 Å². The van der Waals surface area contributed by atoms with Crippen molar-refractivity contribution in [2.45, 2.75) is 38.8 Å². The van der Waals surface area contributed by atoms with Crippen molar-refractivity contribution in [2.75, 3.05) is 50.1 Å². The van der Waals surface area contributed by atoms with Gasteiger partial charge in [0.2, 0.25) is 0 Å². The standard InChI is InChI=1S/C20H29N7O2.CH4/c1-14-13-29-10-9-27(14)18-11-16(20(28)4-7-26(2)8-5-20)15(12-21)19(24-18)23-17-3-6-22-25-17;/h3,6,11-12,14,21,28H,4-5,7-10,13H2,1-2H3,(H2,22,23,24,25);1H4. The van der Waals surface area contributed by atoms with Gasteiger partial charge in [0, 0.05) is 37.5 Å². The highest BCUT2D eigenvalue weighted by Gasteiger charge is 2.37. The summed E-state index contributed by atoms with van der Waals surface area (Å²) in [5, 5.41) is 29.7. The Bertz CT molecular complexity index is 847. The molecule has 9 heteroatoms. The van der Waals surface area contributed by atoms with Crippen molar-refractivity contribution >= 4 is 23.7 Å². The quantitative estimate of drug-likeness (QED) is 0.554. The van der Waals surface area contributed by atoms with Gasteiger partial charge in [-0.3, -0.25) is 5.10 Å². The second kappa shape index (κ2) is 9.11. The molecule has 0 aliphatic carbocycles. The molecule has 4 heterocycles. The molecule has 0 amide bonds. The highest BCUT2D eigenvalue weighted by atomic mass is 16.5. The summed E-state index contributed by atoms with van der Waals surface area (Å²) in [7, 11) is 2.07. The van der Waals surface area contributed by atoms with E-state index >= 15 is 0 Å². The molecule has 0 bridgehead atoms. The minimum Gasteiger partial charge on any atom is -0.385 e. The number of piperidine rings is 1. The molecule has 1 unspecified atom stereocenters. The average molecular weight is 416 g/mol. The topological polar surface area (TPSA) is 113 Å². The zero-order valence-electron chi connectivity index (χ0n) is 17.0. The summed E-state index contributed by atoms with van der Waals surface area (Å²) < 4.78 is 5.58. The molecule has 0 spiro atoms. The molecule has 9 nitrogen and oxygen atoms in total. The maximum Gasteiger partial charge on any atom is 0.143 e. The van der Waals surface area contributed by atoms with E-state index in [2.05, 4.69) is 39.3 Å². The van der Waals surface area contributed by atoms with E-state index in [0.717, 1.165) is 31.0 Å². The molecule has 0 aromatic carbocycles. The Hall–Kier alpha value is -2.49. The van der Waals surface area contributed by atoms with E-state index in [1.165, 1.54) is 6.21 Å². The molecular formula is C21H33N7O2. The summed E-state index contributed by atoms with van der Waals surface area (Å²) in [6.45, 7) is 5.75. The third kappa shape index (κ3) is 4.33. The molecule has 1 atom stereocenters. The predicted molar refractivity (Wildman–Crippen MR) is 119 cm³/mol. The number of hydrogen-bond donors (Lipinski definition) is 4. The third-order valence-electron chi connectivity index (χ3n) is 5.92. The lowest BCUT2D eigenvalue weighted by atomic mass is 9.82. The number of hydrogen-bond acceptors (Lipinski definition) is 8. The van der Waals surface area contributed by atoms with Crippen molar-refractivity contribution in [2.24, 2.45) is 0 Å². The molecule has 0 saturated carbocycles. The van der Waals surface area contributed by atoms with Gasteiger partial charge in [-0.05, 0) is 38.4 Å². The fourth-order valence-electron chi connectivity index (χ4n) is 4.09. The van der Waals surface area contributed by atoms with Crippen LogP contribution in [0.2, 0.25) is 0 Å². The number of pyridine rings is 1. The third-order valence-corrected chi connectivity index (χ3v) is 5.92. The van der Waals surface area contributed by atoms with E-state index in [9.17, 15) is 5.11 Å². The van der Waals surface area contributed by atoms with Crippen molar-refractivity contribution in [1.82, 2.24) is 20.1 Å². The van der Waals surface area contributed by atoms with Crippen molar-refractivity contribution in [3.8, 4) is 0 Å². The summed E-state index contributed by atoms with van der Waals surface area (Å²) in [5.41, 5.74) is 0.374. The normalized spacial score (nSPS) is 21.7. The number of ether oxygens (including phenoxy) is 1. The van der Waals surface area contributed by atoms with Gasteiger partial charge in [-0.1, -0.05) is 7.43 Å². The Labute approximate surface area is 178 Å². The Morgan fingerprint density at radius 2 is 2.13 bits per heavy atom. The first-order valence-corrected chi connectivity index (χ1v) is 10.1. The molecule has 2 aromatic heterocycles. The second-order valence-electron chi connectivity index (χ2n) is 7.98. The SMILES string of the molecule is C.CC1COCCN1c1cc(C2(O)CCN(C)CC2)c(C=N)c(Nc2ccn[nH]2)n1. The van der Waals surface area contributed by atoms with E-state index in [1.54, 1.807) is 6.20 Å². The van der Waals surface area contributed by atoms with Crippen LogP contribution in [-0.2, 0) is 10.3 Å². The van der Waals surface area contributed by atoms with Gasteiger partial charge >= 0.3 is 0 Å². The lowest BCUT2D eigenvalue weighted by Crippen LogP contribution is -2.45. The second-order valence-corrected chi connectivity index (χ2v) is 7.98. The number of aromatic nitrogens is 3. The van der Waals surface area contributed by atoms with E-state index in [-0.39, 0.29) is 13.5 Å². The van der Waals surface area contributed by atoms with Crippen molar-refractivity contribution in [1.29, 1.82) is 5.41 Å². The van der Waals surface area contributed by atoms with Crippen LogP contribution in [0.25, 0.3) is 0 Å². The molecule has 2 aromatic rings. The highest BCUT2D eigenvalue weighted by Crippen LogP contribution is 2.38. The molecule has 4 N–H and O–H groups in total. The molecule has 2 aliphatic rings. The maximum atomic E-state index is 11.6. The highest BCUT2D eigenvalue weighted by molar-refractivity contribution is 5.89. The van der Waals surface area contributed by atoms with Crippen molar-refractivity contribution in [3.63, 3.8) is 0 Å². The molecule has 30 heavy (non-hydrogen) atoms. The van der Waals surface area contributed by atoms with Crippen LogP contribution >= 0.6 is 0 Å². The summed E-state index contributed by atoms with van der Waals surface area (Å²) in [6.07, 6.45) is 4.18. The predicted octanol–water partition coefficient (Wildman–Crippen LogP) is 2.32. The molecule has 4 rings (SSSR count). The van der Waals surface area contributed by atoms with E-state index in [4.69, 9.17) is 15.1 Å². The minimum atomic E-state index is -0.989. The lowest BCUT2D eigenvalue weighted by Gasteiger charge is -2.39. The van der Waals surface area contributed by atoms with E-state index in [0.29, 0.717) is 43.3 Å². The van der Waals surface area contributed by atoms with Crippen LogP contribution in [0.3, 0.4) is 0 Å². The number of likely N-dealkylation sites (tertiary alicyclic amines) is 1. The number of aliphatic hydroxyl groups is 1. The first-order chi connectivity index (χ1) is 14.0. The van der Waals surface area contributed by atoms with Gasteiger partial charge in [0.05, 0.1) is 31.1 Å². The zero-order valence-corrected chi connectivity index (χ0v) is 17.0. The zero-order chi connectivity index (χ0) is 20.4. The van der Waals surface area contributed by atoms with Crippen molar-refractivity contribution < 1.29 is 9.84 Å². The summed E-state index contributed by atoms with van der Waals surface area (Å²) in [6, 6.07) is 3.96. The monoisotopic (exact) mass is 415 g/mol. The molecule has 2 fully saturated rings. The Morgan fingerprint density at radius 1 is 1.37 bits per heavy atom. The van der Waals surface area contributed by atoms with Crippen LogP contribution < -0.4 is 10.2 Å². The first-order valence-electron chi connectivity index (χ1n) is 10.1. The van der Waals surface area contributed by atoms with Crippen LogP contribution in [0, 0.1) is 5.41 Å². The van der Waals surface area contributed by atoms with E-state index in [1.807, 2.05) is 12.1 Å². The number of nitrogens with one attached hydrogen (secondary N) is 3. The number of morpholine rings is 1. The fourth-order valence-corrected chi connectivity index (χ4v) is 4.09. The van der Waals surface area contributed by atoms with Crippen LogP contribution in [0.1, 0.15) is 38.3 Å². The van der Waals surface area contributed by atoms with Crippen LogP contribution in [0.5, 0.6) is 0 Å². The molecule has 2 saturated heterocycles. The van der Waals surface area contributed by atoms with Gasteiger partial charge < -0.3 is 30.4 Å². The Kier molecular flexibility index (Phi) is 6.74. The van der Waals surface area contributed by atoms with Gasteiger partial charge in [0.1, 0.15) is 17.5 Å². The van der Waals surface area contributed by atoms with Crippen LogP contribution in [0.4, 0.5) is 17.5 Å². The van der Waals surface area contributed by atoms with Gasteiger partial charge in [0.25, 0.3) is 0 Å². The fraction of sp³-hybridized carbons (Fsp3) is 0.571. The molecule has 2 aliphatic heterocycles. The first kappa shape index (κ1) is 22.2. The number of rotatable bonds is 5. The minimum absolute atomic E-state index is 0. The van der Waals surface area contributed by atoms with Crippen molar-refractivity contribution in [3.05, 3.63) is 29.5 Å². The number of aromatic amines is 1. The van der Waals surface area contributed by atoms with E-state index < -0.39 is 5.60 Å². The molecule has 0 radical (unpaired) electrons. The number of anilines is 3. The average Bonchev–Trinajstić information content (AvgIpc) is 3.23. The van der Waals surface area contributed by atoms with Crippen LogP contribution in [0.15, 0.2) is 18.3 Å². The van der Waals surface area contributed by atoms with Gasteiger partial charge in [-0.15, -0.1) is 0 Å². The Balaban J connectivity index is 0.00000256. The number of H-pyrrole nitrogens is 1. The van der Waals surface area contributed by atoms with Crippen LogP contribution in [-0.4, -0.2) is 77.3 Å². The maximum absolute atomic E-state index is 11.6. The van der Waals surface area contributed by atoms with Gasteiger partial charge in [-0.25, -0.2) is 4.98 Å². The molecule has 164 valence electrons. The van der Waals surface area contributed by atoms with Gasteiger partial charge in [0.15, 0.2) is 0 Å². The summed E-state index contributed by atoms with van der Waals surface area (Å²) in [5.74, 6) is 2.02. The summed E-state index contributed by atoms with van der Waals surface area (Å²) >= 11 is 0. The number of nitrogens with zero attached hydrogens (tertiary/aromatic N) is 4. The smallest absolute Gasteiger partial charge is 0.143 e.